The van der Waals surface area contributed by atoms with Gasteiger partial charge in [0.15, 0.2) is 0 Å². The maximum absolute atomic E-state index is 9.83. The van der Waals surface area contributed by atoms with Crippen LogP contribution >= 0.6 is 23.8 Å². The van der Waals surface area contributed by atoms with Crippen molar-refractivity contribution in [3.63, 3.8) is 0 Å². The summed E-state index contributed by atoms with van der Waals surface area (Å²) in [5, 5.41) is 9.83. The first-order chi connectivity index (χ1) is 13.0. The number of aliphatic hydroxyl groups excluding tert-OH is 1. The van der Waals surface area contributed by atoms with E-state index < -0.39 is 0 Å². The molecule has 0 aromatic carbocycles. The van der Waals surface area contributed by atoms with Crippen molar-refractivity contribution in [1.82, 2.24) is 0 Å². The molecule has 142 valence electrons. The van der Waals surface area contributed by atoms with Crippen molar-refractivity contribution in [3.05, 3.63) is 34.9 Å². The zero-order valence-electron chi connectivity index (χ0n) is 16.0. The van der Waals surface area contributed by atoms with Gasteiger partial charge in [0.1, 0.15) is 0 Å². The Hall–Kier alpha value is -0.0701. The molecule has 0 aromatic rings. The third kappa shape index (κ3) is 3.04. The van der Waals surface area contributed by atoms with Gasteiger partial charge in [0.05, 0.1) is 18.8 Å². The molecule has 0 aromatic heterocycles. The van der Waals surface area contributed by atoms with Gasteiger partial charge in [-0.3, -0.25) is 0 Å². The van der Waals surface area contributed by atoms with Crippen LogP contribution in [0.3, 0.4) is 0 Å². The van der Waals surface area contributed by atoms with Gasteiger partial charge in [-0.15, -0.1) is 0 Å². The average molecular weight is 400 g/mol. The van der Waals surface area contributed by atoms with E-state index in [1.165, 1.54) is 16.7 Å². The molecule has 0 bridgehead atoms. The third-order valence-corrected chi connectivity index (χ3v) is 8.61. The van der Waals surface area contributed by atoms with E-state index in [4.69, 9.17) is 22.6 Å². The van der Waals surface area contributed by atoms with Crippen molar-refractivity contribution >= 4 is 38.0 Å². The normalized spacial score (nSPS) is 43.1. The SMILES string of the molecule is [B]SOC1CC2=CC=C3C4CC=C(CO)C4(C)CCC3C2(C)C(OS[B])C1. The van der Waals surface area contributed by atoms with E-state index in [0.717, 1.165) is 55.9 Å². The molecule has 6 unspecified atom stereocenters. The number of rotatable bonds is 5. The van der Waals surface area contributed by atoms with Crippen LogP contribution in [0.5, 0.6) is 0 Å². The van der Waals surface area contributed by atoms with Crippen LogP contribution in [-0.2, 0) is 8.37 Å². The molecule has 4 aliphatic carbocycles. The molecule has 3 nitrogen and oxygen atoms in total. The smallest absolute Gasteiger partial charge is 0.203 e. The lowest BCUT2D eigenvalue weighted by Crippen LogP contribution is -2.52. The summed E-state index contributed by atoms with van der Waals surface area (Å²) in [6, 6.07) is 0. The Bertz CT molecular complexity index is 695. The van der Waals surface area contributed by atoms with Crippen LogP contribution in [0.25, 0.3) is 0 Å². The van der Waals surface area contributed by atoms with Crippen LogP contribution in [-0.4, -0.2) is 38.2 Å². The van der Waals surface area contributed by atoms with E-state index >= 15 is 0 Å². The van der Waals surface area contributed by atoms with E-state index in [-0.39, 0.29) is 29.6 Å². The van der Waals surface area contributed by atoms with Crippen molar-refractivity contribution in [2.75, 3.05) is 6.61 Å². The van der Waals surface area contributed by atoms with Crippen LogP contribution in [0.2, 0.25) is 0 Å². The molecule has 2 fully saturated rings. The van der Waals surface area contributed by atoms with Gasteiger partial charge in [0, 0.05) is 11.8 Å². The number of allylic oxidation sites excluding steroid dienone is 4. The number of hydrogen-bond acceptors (Lipinski definition) is 5. The average Bonchev–Trinajstić information content (AvgIpc) is 2.99. The van der Waals surface area contributed by atoms with Crippen molar-refractivity contribution in [3.8, 4) is 0 Å². The lowest BCUT2D eigenvalue weighted by molar-refractivity contribution is -0.0153. The largest absolute Gasteiger partial charge is 0.392 e. The Balaban J connectivity index is 1.70. The first kappa shape index (κ1) is 20.2. The highest BCUT2D eigenvalue weighted by Gasteiger charge is 2.57. The maximum atomic E-state index is 9.83. The van der Waals surface area contributed by atoms with Crippen molar-refractivity contribution in [2.24, 2.45) is 22.7 Å². The minimum atomic E-state index is -0.0706. The number of fused-ring (bicyclic) bond motifs is 5. The summed E-state index contributed by atoms with van der Waals surface area (Å²) in [7, 11) is 11.3. The molecule has 6 atom stereocenters. The Labute approximate surface area is 173 Å². The molecule has 0 heterocycles. The van der Waals surface area contributed by atoms with Crippen LogP contribution < -0.4 is 0 Å². The molecule has 0 spiro atoms. The van der Waals surface area contributed by atoms with E-state index in [2.05, 4.69) is 32.1 Å². The summed E-state index contributed by atoms with van der Waals surface area (Å²) in [5.74, 6) is 0.929. The molecule has 7 heteroatoms. The molecule has 4 radical (unpaired) electrons. The van der Waals surface area contributed by atoms with E-state index in [1.54, 1.807) is 0 Å². The summed E-state index contributed by atoms with van der Waals surface area (Å²) in [5.41, 5.74) is 4.15. The molecule has 1 N–H and O–H groups in total. The lowest BCUT2D eigenvalue weighted by Gasteiger charge is -2.56. The first-order valence-corrected chi connectivity index (χ1v) is 11.4. The highest BCUT2D eigenvalue weighted by Crippen LogP contribution is 2.64. The molecule has 27 heavy (non-hydrogen) atoms. The zero-order valence-corrected chi connectivity index (χ0v) is 17.7. The number of aliphatic hydroxyl groups is 1. The molecular formula is C20H26B2O3S2. The van der Waals surface area contributed by atoms with Crippen molar-refractivity contribution < 1.29 is 13.5 Å². The second-order valence-corrected chi connectivity index (χ2v) is 9.53. The molecule has 2 saturated carbocycles. The predicted molar refractivity (Wildman–Crippen MR) is 114 cm³/mol. The second-order valence-electron chi connectivity index (χ2n) is 8.76. The predicted octanol–water partition coefficient (Wildman–Crippen LogP) is 4.24. The molecule has 4 rings (SSSR count). The van der Waals surface area contributed by atoms with Gasteiger partial charge in [-0.25, -0.2) is 0 Å². The van der Waals surface area contributed by atoms with E-state index in [1.807, 2.05) is 0 Å². The van der Waals surface area contributed by atoms with Crippen molar-refractivity contribution in [1.29, 1.82) is 0 Å². The summed E-state index contributed by atoms with van der Waals surface area (Å²) < 4.78 is 11.7. The van der Waals surface area contributed by atoms with Crippen molar-refractivity contribution in [2.45, 2.75) is 58.2 Å². The molecular weight excluding hydrogens is 374 g/mol. The van der Waals surface area contributed by atoms with Crippen LogP contribution in [0, 0.1) is 22.7 Å². The molecule has 0 aliphatic heterocycles. The number of hydrogen-bond donors (Lipinski definition) is 1. The van der Waals surface area contributed by atoms with Crippen LogP contribution in [0.15, 0.2) is 34.9 Å². The van der Waals surface area contributed by atoms with Gasteiger partial charge in [-0.2, -0.15) is 0 Å². The highest BCUT2D eigenvalue weighted by atomic mass is 32.2. The summed E-state index contributed by atoms with van der Waals surface area (Å²) in [4.78, 5) is 0. The fourth-order valence-corrected chi connectivity index (χ4v) is 7.00. The Morgan fingerprint density at radius 3 is 2.67 bits per heavy atom. The van der Waals surface area contributed by atoms with Gasteiger partial charge in [0.25, 0.3) is 0 Å². The van der Waals surface area contributed by atoms with E-state index in [0.29, 0.717) is 11.8 Å². The molecule has 4 aliphatic rings. The Kier molecular flexibility index (Phi) is 5.72. The quantitative estimate of drug-likeness (QED) is 0.425. The lowest BCUT2D eigenvalue weighted by atomic mass is 9.50. The zero-order chi connectivity index (χ0) is 19.2. The standard InChI is InChI=1S/C20H26B2O3S2/c1-19-8-7-17-15(16(19)6-4-13(19)11-23)5-3-12-9-14(24-26-21)10-18(25-27-22)20(12,17)2/h3-5,14,16-18,23H,6-11H2,1-2H3. The maximum Gasteiger partial charge on any atom is 0.203 e. The third-order valence-electron chi connectivity index (χ3n) is 7.88. The fraction of sp³-hybridized carbons (Fsp3) is 0.700. The first-order valence-electron chi connectivity index (χ1n) is 9.75. The Morgan fingerprint density at radius 1 is 1.19 bits per heavy atom. The van der Waals surface area contributed by atoms with Gasteiger partial charge in [0.2, 0.25) is 14.2 Å². The summed E-state index contributed by atoms with van der Waals surface area (Å²) >= 11 is 1.90. The minimum Gasteiger partial charge on any atom is -0.392 e. The topological polar surface area (TPSA) is 38.7 Å². The minimum absolute atomic E-state index is 0.00520. The van der Waals surface area contributed by atoms with Gasteiger partial charge in [-0.1, -0.05) is 67.0 Å². The molecule has 0 saturated heterocycles. The van der Waals surface area contributed by atoms with Gasteiger partial charge in [-0.05, 0) is 48.5 Å². The Morgan fingerprint density at radius 2 is 1.96 bits per heavy atom. The van der Waals surface area contributed by atoms with E-state index in [9.17, 15) is 5.11 Å². The highest BCUT2D eigenvalue weighted by molar-refractivity contribution is 8.16. The van der Waals surface area contributed by atoms with Gasteiger partial charge < -0.3 is 13.5 Å². The van der Waals surface area contributed by atoms with Gasteiger partial charge >= 0.3 is 0 Å². The summed E-state index contributed by atoms with van der Waals surface area (Å²) in [6.45, 7) is 4.86. The second kappa shape index (κ2) is 7.64. The monoisotopic (exact) mass is 400 g/mol. The summed E-state index contributed by atoms with van der Waals surface area (Å²) in [6.07, 6.45) is 11.9. The molecule has 0 amide bonds. The van der Waals surface area contributed by atoms with Crippen LogP contribution in [0.1, 0.15) is 46.0 Å². The van der Waals surface area contributed by atoms with Crippen LogP contribution in [0.4, 0.5) is 0 Å². The fourth-order valence-electron chi connectivity index (χ4n) is 6.28.